The van der Waals surface area contributed by atoms with Gasteiger partial charge in [-0.3, -0.25) is 13.9 Å². The van der Waals surface area contributed by atoms with Gasteiger partial charge in [-0.25, -0.2) is 8.42 Å². The van der Waals surface area contributed by atoms with Gasteiger partial charge in [-0.15, -0.1) is 0 Å². The van der Waals surface area contributed by atoms with Gasteiger partial charge in [0.25, 0.3) is 0 Å². The summed E-state index contributed by atoms with van der Waals surface area (Å²) >= 11 is 0. The van der Waals surface area contributed by atoms with Gasteiger partial charge in [0.1, 0.15) is 0 Å². The van der Waals surface area contributed by atoms with E-state index in [0.717, 1.165) is 12.7 Å². The number of hydrogen-bond donors (Lipinski definition) is 1. The predicted octanol–water partition coefficient (Wildman–Crippen LogP) is 3.77. The summed E-state index contributed by atoms with van der Waals surface area (Å²) in [7, 11) is -3.53. The molecule has 0 aliphatic heterocycles. The first kappa shape index (κ1) is 24.1. The lowest BCUT2D eigenvalue weighted by atomic mass is 9.82. The molecular formula is C21H34N2O4S. The van der Waals surface area contributed by atoms with E-state index in [-0.39, 0.29) is 35.6 Å². The number of sulfonamides is 1. The van der Waals surface area contributed by atoms with Crippen molar-refractivity contribution in [2.75, 3.05) is 17.1 Å². The number of Topliss-reactive ketones (excluding diaryl/α,β-unsaturated/α-hetero) is 1. The van der Waals surface area contributed by atoms with E-state index in [2.05, 4.69) is 26.1 Å². The Hall–Kier alpha value is -1.89. The second kappa shape index (κ2) is 9.07. The fourth-order valence-corrected chi connectivity index (χ4v) is 4.52. The van der Waals surface area contributed by atoms with Gasteiger partial charge in [0.2, 0.25) is 15.9 Å². The Balaban J connectivity index is 2.77. The highest BCUT2D eigenvalue weighted by atomic mass is 32.2. The molecule has 0 fully saturated rings. The van der Waals surface area contributed by atoms with E-state index in [9.17, 15) is 18.0 Å². The maximum absolute atomic E-state index is 12.3. The minimum absolute atomic E-state index is 0.0889. The Morgan fingerprint density at radius 2 is 1.71 bits per heavy atom. The van der Waals surface area contributed by atoms with Gasteiger partial charge in [-0.05, 0) is 51.2 Å². The van der Waals surface area contributed by atoms with E-state index in [4.69, 9.17) is 0 Å². The van der Waals surface area contributed by atoms with Crippen LogP contribution in [0.15, 0.2) is 24.3 Å². The topological polar surface area (TPSA) is 83.6 Å². The maximum Gasteiger partial charge on any atom is 0.232 e. The molecule has 0 heterocycles. The number of anilines is 1. The maximum atomic E-state index is 12.3. The Kier molecular flexibility index (Phi) is 7.82. The van der Waals surface area contributed by atoms with Crippen molar-refractivity contribution in [3.8, 4) is 0 Å². The van der Waals surface area contributed by atoms with Crippen molar-refractivity contribution in [1.29, 1.82) is 0 Å². The SMILES string of the molecule is CC(=O)c1cccc(N(CCCC(=O)NC(C)(C)CC(C)(C)C)S(C)(=O)=O)c1. The number of nitrogens with one attached hydrogen (secondary N) is 1. The number of ketones is 1. The lowest BCUT2D eigenvalue weighted by Gasteiger charge is -2.33. The molecule has 0 radical (unpaired) electrons. The first-order valence-corrected chi connectivity index (χ1v) is 11.4. The zero-order chi connectivity index (χ0) is 21.8. The Morgan fingerprint density at radius 3 is 2.21 bits per heavy atom. The molecule has 1 aromatic carbocycles. The molecule has 0 aliphatic carbocycles. The molecule has 158 valence electrons. The molecule has 28 heavy (non-hydrogen) atoms. The van der Waals surface area contributed by atoms with Crippen molar-refractivity contribution in [2.45, 2.75) is 66.3 Å². The molecule has 0 saturated heterocycles. The van der Waals surface area contributed by atoms with Crippen molar-refractivity contribution in [1.82, 2.24) is 5.32 Å². The number of nitrogens with zero attached hydrogens (tertiary/aromatic N) is 1. The zero-order valence-electron chi connectivity index (χ0n) is 18.1. The Labute approximate surface area is 169 Å². The molecule has 0 unspecified atom stereocenters. The van der Waals surface area contributed by atoms with Crippen LogP contribution in [-0.2, 0) is 14.8 Å². The van der Waals surface area contributed by atoms with Gasteiger partial charge < -0.3 is 5.32 Å². The van der Waals surface area contributed by atoms with Gasteiger partial charge in [0.15, 0.2) is 5.78 Å². The van der Waals surface area contributed by atoms with Crippen LogP contribution in [0.2, 0.25) is 0 Å². The predicted molar refractivity (Wildman–Crippen MR) is 114 cm³/mol. The first-order valence-electron chi connectivity index (χ1n) is 9.50. The molecular weight excluding hydrogens is 376 g/mol. The number of amides is 1. The molecule has 1 N–H and O–H groups in total. The molecule has 0 bridgehead atoms. The Morgan fingerprint density at radius 1 is 1.11 bits per heavy atom. The van der Waals surface area contributed by atoms with Gasteiger partial charge in [-0.2, -0.15) is 0 Å². The van der Waals surface area contributed by atoms with Crippen molar-refractivity contribution >= 4 is 27.4 Å². The van der Waals surface area contributed by atoms with Gasteiger partial charge in [0.05, 0.1) is 11.9 Å². The van der Waals surface area contributed by atoms with Gasteiger partial charge in [-0.1, -0.05) is 32.9 Å². The lowest BCUT2D eigenvalue weighted by molar-refractivity contribution is -0.123. The number of carbonyl (C=O) groups is 2. The first-order chi connectivity index (χ1) is 12.6. The summed E-state index contributed by atoms with van der Waals surface area (Å²) in [6, 6.07) is 6.53. The second-order valence-corrected chi connectivity index (χ2v) is 11.1. The van der Waals surface area contributed by atoms with E-state index in [1.165, 1.54) is 11.2 Å². The minimum atomic E-state index is -3.53. The molecule has 0 spiro atoms. The molecule has 1 rings (SSSR count). The smallest absolute Gasteiger partial charge is 0.232 e. The molecule has 6 nitrogen and oxygen atoms in total. The molecule has 0 aliphatic rings. The van der Waals surface area contributed by atoms with Crippen LogP contribution in [-0.4, -0.2) is 38.4 Å². The number of hydrogen-bond acceptors (Lipinski definition) is 4. The van der Waals surface area contributed by atoms with Gasteiger partial charge >= 0.3 is 0 Å². The number of benzene rings is 1. The third kappa shape index (κ3) is 8.42. The average molecular weight is 411 g/mol. The van der Waals surface area contributed by atoms with Crippen LogP contribution in [0.4, 0.5) is 5.69 Å². The van der Waals surface area contributed by atoms with Crippen LogP contribution in [0.1, 0.15) is 71.2 Å². The number of carbonyl (C=O) groups excluding carboxylic acids is 2. The van der Waals surface area contributed by atoms with Crippen LogP contribution in [0, 0.1) is 5.41 Å². The summed E-state index contributed by atoms with van der Waals surface area (Å²) in [5.41, 5.74) is 0.643. The van der Waals surface area contributed by atoms with Crippen LogP contribution in [0.3, 0.4) is 0 Å². The van der Waals surface area contributed by atoms with Crippen molar-refractivity contribution in [3.63, 3.8) is 0 Å². The fraction of sp³-hybridized carbons (Fsp3) is 0.619. The molecule has 7 heteroatoms. The highest BCUT2D eigenvalue weighted by molar-refractivity contribution is 7.92. The van der Waals surface area contributed by atoms with E-state index in [1.807, 2.05) is 13.8 Å². The standard InChI is InChI=1S/C21H34N2O4S/c1-16(24)17-10-8-11-18(14-17)23(28(7,26)27)13-9-12-19(25)22-21(5,6)15-20(2,3)4/h8,10-11,14H,9,12-13,15H2,1-7H3,(H,22,25). The largest absolute Gasteiger partial charge is 0.351 e. The van der Waals surface area contributed by atoms with Crippen molar-refractivity contribution in [3.05, 3.63) is 29.8 Å². The summed E-state index contributed by atoms with van der Waals surface area (Å²) in [5.74, 6) is -0.226. The quantitative estimate of drug-likeness (QED) is 0.628. The van der Waals surface area contributed by atoms with E-state index < -0.39 is 10.0 Å². The second-order valence-electron chi connectivity index (χ2n) is 9.21. The summed E-state index contributed by atoms with van der Waals surface area (Å²) in [6.45, 7) is 12.0. The zero-order valence-corrected chi connectivity index (χ0v) is 18.9. The van der Waals surface area contributed by atoms with E-state index in [0.29, 0.717) is 17.7 Å². The van der Waals surface area contributed by atoms with Crippen LogP contribution >= 0.6 is 0 Å². The average Bonchev–Trinajstić information content (AvgIpc) is 2.47. The highest BCUT2D eigenvalue weighted by Crippen LogP contribution is 2.27. The highest BCUT2D eigenvalue weighted by Gasteiger charge is 2.27. The third-order valence-electron chi connectivity index (χ3n) is 4.16. The summed E-state index contributed by atoms with van der Waals surface area (Å²) in [4.78, 5) is 23.9. The van der Waals surface area contributed by atoms with Gasteiger partial charge in [0, 0.05) is 24.1 Å². The van der Waals surface area contributed by atoms with Crippen LogP contribution < -0.4 is 9.62 Å². The normalized spacial score (nSPS) is 12.5. The Bertz CT molecular complexity index is 808. The van der Waals surface area contributed by atoms with E-state index in [1.54, 1.807) is 24.3 Å². The summed E-state index contributed by atoms with van der Waals surface area (Å²) in [6.07, 6.45) is 2.57. The molecule has 0 saturated carbocycles. The monoisotopic (exact) mass is 410 g/mol. The third-order valence-corrected chi connectivity index (χ3v) is 5.35. The summed E-state index contributed by atoms with van der Waals surface area (Å²) < 4.78 is 25.7. The van der Waals surface area contributed by atoms with E-state index >= 15 is 0 Å². The van der Waals surface area contributed by atoms with Crippen molar-refractivity contribution in [2.24, 2.45) is 5.41 Å². The molecule has 1 aromatic rings. The lowest BCUT2D eigenvalue weighted by Crippen LogP contribution is -2.46. The molecule has 0 aromatic heterocycles. The number of rotatable bonds is 9. The van der Waals surface area contributed by atoms with Crippen LogP contribution in [0.5, 0.6) is 0 Å². The van der Waals surface area contributed by atoms with Crippen LogP contribution in [0.25, 0.3) is 0 Å². The minimum Gasteiger partial charge on any atom is -0.351 e. The van der Waals surface area contributed by atoms with Crippen molar-refractivity contribution < 1.29 is 18.0 Å². The molecule has 1 amide bonds. The fourth-order valence-electron chi connectivity index (χ4n) is 3.56. The molecule has 0 atom stereocenters. The summed E-state index contributed by atoms with van der Waals surface area (Å²) in [5, 5.41) is 3.04.